The molecule has 0 bridgehead atoms. The lowest BCUT2D eigenvalue weighted by molar-refractivity contribution is 0.177. The van der Waals surface area contributed by atoms with Crippen molar-refractivity contribution in [1.82, 2.24) is 9.80 Å². The molecular formula is C25H23Cl3N2OS. The molecule has 0 N–H and O–H groups in total. The Labute approximate surface area is 209 Å². The molecule has 3 nitrogen and oxygen atoms in total. The largest absolute Gasteiger partial charge is 0.487 e. The van der Waals surface area contributed by atoms with Gasteiger partial charge in [-0.25, -0.2) is 0 Å². The minimum atomic E-state index is 0.351. The Kier molecular flexibility index (Phi) is 7.93. The predicted octanol–water partition coefficient (Wildman–Crippen LogP) is 6.72. The van der Waals surface area contributed by atoms with Crippen molar-refractivity contribution in [1.29, 1.82) is 0 Å². The zero-order valence-electron chi connectivity index (χ0n) is 17.4. The summed E-state index contributed by atoms with van der Waals surface area (Å²) in [7, 11) is 0. The van der Waals surface area contributed by atoms with Gasteiger partial charge in [-0.3, -0.25) is 4.90 Å². The van der Waals surface area contributed by atoms with Crippen molar-refractivity contribution in [3.8, 4) is 5.75 Å². The fraction of sp³-hybridized carbons (Fsp3) is 0.240. The van der Waals surface area contributed by atoms with Gasteiger partial charge >= 0.3 is 0 Å². The second-order valence-corrected chi connectivity index (χ2v) is 9.34. The summed E-state index contributed by atoms with van der Waals surface area (Å²) in [6, 6.07) is 21.7. The number of benzene rings is 3. The topological polar surface area (TPSA) is 15.7 Å². The first-order valence-electron chi connectivity index (χ1n) is 10.4. The second-order valence-electron chi connectivity index (χ2n) is 7.74. The van der Waals surface area contributed by atoms with Crippen LogP contribution in [0.4, 0.5) is 0 Å². The van der Waals surface area contributed by atoms with Gasteiger partial charge in [0, 0.05) is 38.3 Å². The maximum atomic E-state index is 6.49. The fourth-order valence-electron chi connectivity index (χ4n) is 3.67. The van der Waals surface area contributed by atoms with Crippen molar-refractivity contribution in [2.24, 2.45) is 0 Å². The fourth-order valence-corrected chi connectivity index (χ4v) is 4.54. The minimum absolute atomic E-state index is 0.351. The first kappa shape index (κ1) is 23.3. The van der Waals surface area contributed by atoms with Crippen LogP contribution in [0.25, 0.3) is 0 Å². The van der Waals surface area contributed by atoms with E-state index < -0.39 is 0 Å². The summed E-state index contributed by atoms with van der Waals surface area (Å²) in [6.45, 7) is 5.08. The molecule has 3 aromatic carbocycles. The van der Waals surface area contributed by atoms with Crippen LogP contribution < -0.4 is 4.74 Å². The van der Waals surface area contributed by atoms with Crippen molar-refractivity contribution in [3.63, 3.8) is 0 Å². The molecule has 0 aliphatic carbocycles. The number of hydrogen-bond donors (Lipinski definition) is 0. The number of halogens is 3. The zero-order chi connectivity index (χ0) is 22.5. The molecule has 0 spiro atoms. The molecule has 1 aliphatic rings. The maximum absolute atomic E-state index is 6.49. The average molecular weight is 506 g/mol. The van der Waals surface area contributed by atoms with E-state index in [1.54, 1.807) is 12.1 Å². The van der Waals surface area contributed by atoms with Gasteiger partial charge in [0.1, 0.15) is 17.3 Å². The number of thiocarbonyl (C=S) groups is 1. The zero-order valence-corrected chi connectivity index (χ0v) is 20.5. The standard InChI is InChI=1S/C25H23Cl3N2OS/c26-21-8-6-19(14-22(21)27)17-31-24-9-7-20(15-23(24)28)25(32)30-12-10-29(11-13-30)16-18-4-2-1-3-5-18/h1-9,14-15H,10-13,16-17H2. The summed E-state index contributed by atoms with van der Waals surface area (Å²) < 4.78 is 5.87. The summed E-state index contributed by atoms with van der Waals surface area (Å²) >= 11 is 24.3. The Morgan fingerprint density at radius 3 is 2.22 bits per heavy atom. The van der Waals surface area contributed by atoms with E-state index in [0.29, 0.717) is 27.4 Å². The minimum Gasteiger partial charge on any atom is -0.487 e. The van der Waals surface area contributed by atoms with Crippen molar-refractivity contribution in [2.75, 3.05) is 26.2 Å². The Hall–Kier alpha value is -1.82. The molecular weight excluding hydrogens is 483 g/mol. The molecule has 3 aromatic rings. The lowest BCUT2D eigenvalue weighted by atomic mass is 10.1. The van der Waals surface area contributed by atoms with Crippen LogP contribution in [0.2, 0.25) is 15.1 Å². The van der Waals surface area contributed by atoms with Crippen molar-refractivity contribution >= 4 is 52.0 Å². The highest BCUT2D eigenvalue weighted by atomic mass is 35.5. The molecule has 1 aliphatic heterocycles. The van der Waals surface area contributed by atoms with Crippen LogP contribution in [-0.2, 0) is 13.2 Å². The smallest absolute Gasteiger partial charge is 0.138 e. The predicted molar refractivity (Wildman–Crippen MR) is 137 cm³/mol. The molecule has 0 radical (unpaired) electrons. The van der Waals surface area contributed by atoms with Crippen molar-refractivity contribution in [3.05, 3.63) is 98.5 Å². The van der Waals surface area contributed by atoms with Crippen LogP contribution in [0.3, 0.4) is 0 Å². The van der Waals surface area contributed by atoms with Gasteiger partial charge in [0.15, 0.2) is 0 Å². The number of piperazine rings is 1. The maximum Gasteiger partial charge on any atom is 0.138 e. The van der Waals surface area contributed by atoms with Crippen LogP contribution in [0.5, 0.6) is 5.75 Å². The number of nitrogens with zero attached hydrogens (tertiary/aromatic N) is 2. The summed E-state index contributed by atoms with van der Waals surface area (Å²) in [6.07, 6.45) is 0. The van der Waals surface area contributed by atoms with E-state index in [2.05, 4.69) is 40.1 Å². The molecule has 0 atom stereocenters. The van der Waals surface area contributed by atoms with Gasteiger partial charge in [0.2, 0.25) is 0 Å². The van der Waals surface area contributed by atoms with Crippen LogP contribution >= 0.6 is 47.0 Å². The van der Waals surface area contributed by atoms with Gasteiger partial charge < -0.3 is 9.64 Å². The molecule has 1 heterocycles. The normalized spacial score (nSPS) is 14.4. The third kappa shape index (κ3) is 5.94. The third-order valence-corrected chi connectivity index (χ3v) is 6.99. The quantitative estimate of drug-likeness (QED) is 0.345. The summed E-state index contributed by atoms with van der Waals surface area (Å²) in [5, 5.41) is 1.56. The van der Waals surface area contributed by atoms with E-state index in [9.17, 15) is 0 Å². The van der Waals surface area contributed by atoms with Crippen molar-refractivity contribution in [2.45, 2.75) is 13.2 Å². The molecule has 0 saturated carbocycles. The molecule has 1 fully saturated rings. The lowest BCUT2D eigenvalue weighted by Gasteiger charge is -2.36. The molecule has 4 rings (SSSR count). The third-order valence-electron chi connectivity index (χ3n) is 5.47. The molecule has 166 valence electrons. The molecule has 1 saturated heterocycles. The van der Waals surface area contributed by atoms with E-state index in [1.807, 2.05) is 24.3 Å². The highest BCUT2D eigenvalue weighted by molar-refractivity contribution is 7.80. The Morgan fingerprint density at radius 2 is 1.53 bits per heavy atom. The van der Waals surface area contributed by atoms with E-state index in [4.69, 9.17) is 51.8 Å². The van der Waals surface area contributed by atoms with Gasteiger partial charge in [-0.1, -0.05) is 83.4 Å². The molecule has 0 aromatic heterocycles. The molecule has 0 amide bonds. The number of hydrogen-bond acceptors (Lipinski definition) is 3. The van der Waals surface area contributed by atoms with Crippen LogP contribution in [0.1, 0.15) is 16.7 Å². The van der Waals surface area contributed by atoms with Gasteiger partial charge in [-0.15, -0.1) is 0 Å². The van der Waals surface area contributed by atoms with Gasteiger partial charge in [0.05, 0.1) is 15.1 Å². The highest BCUT2D eigenvalue weighted by Gasteiger charge is 2.20. The van der Waals surface area contributed by atoms with Crippen LogP contribution in [0, 0.1) is 0 Å². The SMILES string of the molecule is S=C(c1ccc(OCc2ccc(Cl)c(Cl)c2)c(Cl)c1)N1CCN(Cc2ccccc2)CC1. The number of ether oxygens (including phenoxy) is 1. The monoisotopic (exact) mass is 504 g/mol. The van der Waals surface area contributed by atoms with E-state index in [0.717, 1.165) is 48.8 Å². The van der Waals surface area contributed by atoms with Gasteiger partial charge in [-0.05, 0) is 41.5 Å². The summed E-state index contributed by atoms with van der Waals surface area (Å²) in [5.41, 5.74) is 3.19. The molecule has 7 heteroatoms. The summed E-state index contributed by atoms with van der Waals surface area (Å²) in [4.78, 5) is 5.53. The van der Waals surface area contributed by atoms with Crippen molar-refractivity contribution < 1.29 is 4.74 Å². The van der Waals surface area contributed by atoms with Crippen LogP contribution in [-0.4, -0.2) is 41.0 Å². The van der Waals surface area contributed by atoms with E-state index >= 15 is 0 Å². The van der Waals surface area contributed by atoms with E-state index in [-0.39, 0.29) is 0 Å². The lowest BCUT2D eigenvalue weighted by Crippen LogP contribution is -2.48. The van der Waals surface area contributed by atoms with Gasteiger partial charge in [0.25, 0.3) is 0 Å². The first-order valence-corrected chi connectivity index (χ1v) is 12.0. The average Bonchev–Trinajstić information content (AvgIpc) is 2.81. The van der Waals surface area contributed by atoms with Crippen LogP contribution in [0.15, 0.2) is 66.7 Å². The Balaban J connectivity index is 1.32. The first-order chi connectivity index (χ1) is 15.5. The summed E-state index contributed by atoms with van der Waals surface area (Å²) in [5.74, 6) is 0.608. The molecule has 32 heavy (non-hydrogen) atoms. The molecule has 0 unspecified atom stereocenters. The number of rotatable bonds is 6. The highest BCUT2D eigenvalue weighted by Crippen LogP contribution is 2.28. The Bertz CT molecular complexity index is 1090. The van der Waals surface area contributed by atoms with Gasteiger partial charge in [-0.2, -0.15) is 0 Å². The second kappa shape index (κ2) is 10.9. The Morgan fingerprint density at radius 1 is 0.781 bits per heavy atom. The van der Waals surface area contributed by atoms with E-state index in [1.165, 1.54) is 5.56 Å².